The van der Waals surface area contributed by atoms with E-state index in [0.717, 1.165) is 41.3 Å². The second-order valence-corrected chi connectivity index (χ2v) is 8.27. The minimum Gasteiger partial charge on any atom is -0.344 e. The van der Waals surface area contributed by atoms with Gasteiger partial charge in [0.05, 0.1) is 17.8 Å². The van der Waals surface area contributed by atoms with Crippen LogP contribution in [0.5, 0.6) is 0 Å². The van der Waals surface area contributed by atoms with Crippen molar-refractivity contribution in [2.24, 2.45) is 5.92 Å². The maximum Gasteiger partial charge on any atom is 0.249 e. The molecule has 7 nitrogen and oxygen atoms in total. The van der Waals surface area contributed by atoms with Gasteiger partial charge in [0.1, 0.15) is 11.9 Å². The Labute approximate surface area is 174 Å². The van der Waals surface area contributed by atoms with E-state index in [-0.39, 0.29) is 30.1 Å². The quantitative estimate of drug-likeness (QED) is 0.636. The van der Waals surface area contributed by atoms with Crippen LogP contribution in [0.3, 0.4) is 0 Å². The summed E-state index contributed by atoms with van der Waals surface area (Å²) in [6.45, 7) is 7.80. The number of nitrogens with zero attached hydrogens (tertiary/aromatic N) is 4. The van der Waals surface area contributed by atoms with Crippen molar-refractivity contribution < 1.29 is 13.7 Å². The van der Waals surface area contributed by atoms with Crippen LogP contribution in [0.1, 0.15) is 67.3 Å². The number of aryl methyl sites for hydroxylation is 1. The highest BCUT2D eigenvalue weighted by Gasteiger charge is 2.31. The number of halogens is 1. The molecule has 0 radical (unpaired) electrons. The molecule has 1 aliphatic carbocycles. The summed E-state index contributed by atoms with van der Waals surface area (Å²) < 4.78 is 20.4. The highest BCUT2D eigenvalue weighted by molar-refractivity contribution is 5.79. The lowest BCUT2D eigenvalue weighted by molar-refractivity contribution is -0.121. The van der Waals surface area contributed by atoms with Gasteiger partial charge in [0, 0.05) is 17.2 Å². The summed E-state index contributed by atoms with van der Waals surface area (Å²) in [4.78, 5) is 17.4. The molecule has 0 spiro atoms. The van der Waals surface area contributed by atoms with E-state index < -0.39 is 0 Å². The van der Waals surface area contributed by atoms with Gasteiger partial charge in [-0.05, 0) is 56.9 Å². The Morgan fingerprint density at radius 1 is 1.27 bits per heavy atom. The Kier molecular flexibility index (Phi) is 5.40. The highest BCUT2D eigenvalue weighted by atomic mass is 19.1. The average molecular weight is 411 g/mol. The maximum absolute atomic E-state index is 13.2. The highest BCUT2D eigenvalue weighted by Crippen LogP contribution is 2.38. The van der Waals surface area contributed by atoms with Crippen molar-refractivity contribution in [3.63, 3.8) is 0 Å². The monoisotopic (exact) mass is 411 g/mol. The van der Waals surface area contributed by atoms with Crippen LogP contribution in [-0.4, -0.2) is 25.8 Å². The molecular formula is C22H26FN5O2. The molecule has 4 rings (SSSR count). The molecule has 1 atom stereocenters. The number of rotatable bonds is 7. The van der Waals surface area contributed by atoms with E-state index in [0.29, 0.717) is 11.8 Å². The molecule has 30 heavy (non-hydrogen) atoms. The van der Waals surface area contributed by atoms with Gasteiger partial charge in [-0.1, -0.05) is 19.0 Å². The Morgan fingerprint density at radius 2 is 1.97 bits per heavy atom. The fourth-order valence-electron chi connectivity index (χ4n) is 3.54. The normalized spacial score (nSPS) is 14.9. The first kappa shape index (κ1) is 20.3. The fraction of sp³-hybridized carbons (Fsp3) is 0.455. The van der Waals surface area contributed by atoms with E-state index in [4.69, 9.17) is 4.52 Å². The van der Waals surface area contributed by atoms with E-state index in [1.54, 1.807) is 16.8 Å². The first-order valence-corrected chi connectivity index (χ1v) is 10.3. The zero-order valence-electron chi connectivity index (χ0n) is 17.6. The molecule has 2 heterocycles. The molecule has 0 bridgehead atoms. The van der Waals surface area contributed by atoms with Crippen molar-refractivity contribution in [1.29, 1.82) is 0 Å². The summed E-state index contributed by atoms with van der Waals surface area (Å²) in [5.41, 5.74) is 3.22. The molecule has 158 valence electrons. The predicted molar refractivity (Wildman–Crippen MR) is 109 cm³/mol. The number of aromatic nitrogens is 4. The first-order chi connectivity index (χ1) is 14.3. The van der Waals surface area contributed by atoms with Crippen molar-refractivity contribution in [2.45, 2.75) is 58.9 Å². The minimum atomic E-state index is -0.342. The van der Waals surface area contributed by atoms with Gasteiger partial charge >= 0.3 is 0 Å². The Bertz CT molecular complexity index is 1050. The van der Waals surface area contributed by atoms with Crippen LogP contribution in [0.15, 0.2) is 28.8 Å². The zero-order chi connectivity index (χ0) is 21.4. The first-order valence-electron chi connectivity index (χ1n) is 10.3. The Morgan fingerprint density at radius 3 is 2.60 bits per heavy atom. The Hall–Kier alpha value is -3.03. The molecule has 0 saturated heterocycles. The molecule has 1 N–H and O–H groups in total. The zero-order valence-corrected chi connectivity index (χ0v) is 17.6. The lowest BCUT2D eigenvalue weighted by Crippen LogP contribution is -2.33. The number of nitrogens with one attached hydrogen (secondary N) is 1. The second kappa shape index (κ2) is 8.01. The van der Waals surface area contributed by atoms with E-state index in [2.05, 4.69) is 20.6 Å². The topological polar surface area (TPSA) is 85.8 Å². The molecular weight excluding hydrogens is 385 g/mol. The van der Waals surface area contributed by atoms with Gasteiger partial charge in [0.2, 0.25) is 11.8 Å². The summed E-state index contributed by atoms with van der Waals surface area (Å²) in [5, 5.41) is 11.6. The summed E-state index contributed by atoms with van der Waals surface area (Å²) in [6, 6.07) is 5.78. The van der Waals surface area contributed by atoms with Gasteiger partial charge in [-0.2, -0.15) is 10.1 Å². The summed E-state index contributed by atoms with van der Waals surface area (Å²) in [5.74, 6) is 1.25. The van der Waals surface area contributed by atoms with Gasteiger partial charge in [0.25, 0.3) is 0 Å². The van der Waals surface area contributed by atoms with Crippen LogP contribution in [0.4, 0.5) is 4.39 Å². The largest absolute Gasteiger partial charge is 0.344 e. The van der Waals surface area contributed by atoms with E-state index in [9.17, 15) is 9.18 Å². The van der Waals surface area contributed by atoms with Gasteiger partial charge in [-0.15, -0.1) is 0 Å². The number of carbonyl (C=O) groups is 1. The number of hydrogen-bond donors (Lipinski definition) is 1. The molecule has 1 unspecified atom stereocenters. The molecule has 1 amide bonds. The van der Waals surface area contributed by atoms with E-state index in [1.807, 2.05) is 27.7 Å². The number of carbonyl (C=O) groups excluding carboxylic acids is 1. The van der Waals surface area contributed by atoms with Crippen LogP contribution in [-0.2, 0) is 11.2 Å². The van der Waals surface area contributed by atoms with E-state index in [1.165, 1.54) is 12.1 Å². The summed E-state index contributed by atoms with van der Waals surface area (Å²) in [7, 11) is 0. The smallest absolute Gasteiger partial charge is 0.249 e. The Balaban J connectivity index is 1.50. The lowest BCUT2D eigenvalue weighted by Gasteiger charge is -2.18. The van der Waals surface area contributed by atoms with Gasteiger partial charge < -0.3 is 9.84 Å². The van der Waals surface area contributed by atoms with Crippen LogP contribution >= 0.6 is 0 Å². The van der Waals surface area contributed by atoms with Crippen molar-refractivity contribution >= 4 is 5.91 Å². The number of benzene rings is 1. The van der Waals surface area contributed by atoms with Crippen LogP contribution < -0.4 is 5.32 Å². The van der Waals surface area contributed by atoms with Gasteiger partial charge in [-0.3, -0.25) is 4.79 Å². The molecule has 8 heteroatoms. The standard InChI is InChI=1S/C22H26FN5O2/c1-12(2)20(22-25-21(27-30-22)15-5-6-15)24-19(29)11-18-13(3)26-28(14(18)4)17-9-7-16(23)8-10-17/h7-10,12,15,20H,5-6,11H2,1-4H3,(H,24,29). The third-order valence-corrected chi connectivity index (χ3v) is 5.50. The van der Waals surface area contributed by atoms with Gasteiger partial charge in [0.15, 0.2) is 5.82 Å². The van der Waals surface area contributed by atoms with Gasteiger partial charge in [-0.25, -0.2) is 9.07 Å². The summed E-state index contributed by atoms with van der Waals surface area (Å²) >= 11 is 0. The van der Waals surface area contributed by atoms with Crippen LogP contribution in [0, 0.1) is 25.6 Å². The fourth-order valence-corrected chi connectivity index (χ4v) is 3.54. The molecule has 3 aromatic rings. The van der Waals surface area contributed by atoms with Crippen molar-refractivity contribution in [1.82, 2.24) is 25.2 Å². The molecule has 0 aliphatic heterocycles. The van der Waals surface area contributed by atoms with Crippen molar-refractivity contribution in [2.75, 3.05) is 0 Å². The lowest BCUT2D eigenvalue weighted by atomic mass is 10.0. The second-order valence-electron chi connectivity index (χ2n) is 8.27. The van der Waals surface area contributed by atoms with E-state index >= 15 is 0 Å². The SMILES string of the molecule is Cc1nn(-c2ccc(F)cc2)c(C)c1CC(=O)NC(c1nc(C2CC2)no1)C(C)C. The summed E-state index contributed by atoms with van der Waals surface area (Å²) in [6.07, 6.45) is 2.37. The molecule has 1 aliphatic rings. The third kappa shape index (κ3) is 4.13. The maximum atomic E-state index is 13.2. The molecule has 1 saturated carbocycles. The average Bonchev–Trinajstić information content (AvgIpc) is 3.38. The number of amides is 1. The molecule has 1 fully saturated rings. The van der Waals surface area contributed by atoms with Crippen molar-refractivity contribution in [3.8, 4) is 5.69 Å². The van der Waals surface area contributed by atoms with Crippen LogP contribution in [0.25, 0.3) is 5.69 Å². The van der Waals surface area contributed by atoms with Crippen LogP contribution in [0.2, 0.25) is 0 Å². The minimum absolute atomic E-state index is 0.102. The predicted octanol–water partition coefficient (Wildman–Crippen LogP) is 3.94. The molecule has 2 aromatic heterocycles. The third-order valence-electron chi connectivity index (χ3n) is 5.50. The number of hydrogen-bond acceptors (Lipinski definition) is 5. The molecule has 1 aromatic carbocycles. The van der Waals surface area contributed by atoms with Crippen molar-refractivity contribution in [3.05, 3.63) is 58.7 Å².